The Kier molecular flexibility index (Phi) is 4.39. The molecule has 7 heteroatoms. The van der Waals surface area contributed by atoms with Crippen LogP contribution in [0.1, 0.15) is 27.7 Å². The highest BCUT2D eigenvalue weighted by Crippen LogP contribution is 2.35. The number of rotatable bonds is 3. The van der Waals surface area contributed by atoms with Crippen LogP contribution in [-0.2, 0) is 7.05 Å². The molecule has 0 aliphatic heterocycles. The van der Waals surface area contributed by atoms with Gasteiger partial charge in [-0.2, -0.15) is 4.98 Å². The van der Waals surface area contributed by atoms with Crippen LogP contribution in [0.3, 0.4) is 0 Å². The number of nitrogens with two attached hydrogens (primary N) is 1. The Bertz CT molecular complexity index is 527. The van der Waals surface area contributed by atoms with Gasteiger partial charge < -0.3 is 5.73 Å². The van der Waals surface area contributed by atoms with Crippen molar-refractivity contribution in [1.82, 2.24) is 14.8 Å². The molecular weight excluding hydrogens is 252 g/mol. The fourth-order valence-corrected chi connectivity index (χ4v) is 2.89. The summed E-state index contributed by atoms with van der Waals surface area (Å²) in [7, 11) is 1.65. The van der Waals surface area contributed by atoms with Crippen LogP contribution >= 0.6 is 11.8 Å². The lowest BCUT2D eigenvalue weighted by Gasteiger charge is -2.32. The van der Waals surface area contributed by atoms with E-state index in [9.17, 15) is 9.59 Å². The van der Waals surface area contributed by atoms with Crippen molar-refractivity contribution in [3.8, 4) is 0 Å². The number of aromatic amines is 1. The molecule has 18 heavy (non-hydrogen) atoms. The van der Waals surface area contributed by atoms with Crippen LogP contribution in [-0.4, -0.2) is 26.1 Å². The number of aromatic nitrogens is 3. The maximum atomic E-state index is 11.3. The van der Waals surface area contributed by atoms with E-state index < -0.39 is 11.1 Å². The van der Waals surface area contributed by atoms with Crippen LogP contribution in [0.2, 0.25) is 0 Å². The Morgan fingerprint density at radius 3 is 2.39 bits per heavy atom. The Balaban J connectivity index is 3.13. The molecule has 0 fully saturated rings. The van der Waals surface area contributed by atoms with Gasteiger partial charge in [-0.1, -0.05) is 32.5 Å². The second kappa shape index (κ2) is 5.27. The monoisotopic (exact) mass is 272 g/mol. The van der Waals surface area contributed by atoms with Crippen LogP contribution < -0.4 is 16.9 Å². The predicted molar refractivity (Wildman–Crippen MR) is 72.8 cm³/mol. The zero-order chi connectivity index (χ0) is 14.1. The number of hydrogen-bond acceptors (Lipinski definition) is 5. The largest absolute Gasteiger partial charge is 0.339 e. The zero-order valence-electron chi connectivity index (χ0n) is 11.4. The summed E-state index contributed by atoms with van der Waals surface area (Å²) < 4.78 is 1.45. The van der Waals surface area contributed by atoms with Gasteiger partial charge in [0.2, 0.25) is 0 Å². The van der Waals surface area contributed by atoms with Crippen LogP contribution in [0.5, 0.6) is 0 Å². The number of nitrogens with zero attached hydrogens (tertiary/aromatic N) is 2. The van der Waals surface area contributed by atoms with Crippen LogP contribution in [0.25, 0.3) is 0 Å². The van der Waals surface area contributed by atoms with Crippen LogP contribution in [0.15, 0.2) is 14.7 Å². The highest BCUT2D eigenvalue weighted by Gasteiger charge is 2.30. The first-order valence-electron chi connectivity index (χ1n) is 5.72. The fourth-order valence-electron chi connectivity index (χ4n) is 1.75. The molecule has 1 rings (SSSR count). The van der Waals surface area contributed by atoms with Gasteiger partial charge in [0, 0.05) is 18.3 Å². The van der Waals surface area contributed by atoms with Gasteiger partial charge in [-0.05, 0) is 12.3 Å². The number of thioether (sulfide) groups is 1. The van der Waals surface area contributed by atoms with E-state index in [0.717, 1.165) is 0 Å². The van der Waals surface area contributed by atoms with Gasteiger partial charge in [-0.25, -0.2) is 0 Å². The lowest BCUT2D eigenvalue weighted by atomic mass is 9.88. The molecule has 0 spiro atoms. The van der Waals surface area contributed by atoms with Gasteiger partial charge >= 0.3 is 11.1 Å². The average molecular weight is 272 g/mol. The van der Waals surface area contributed by atoms with Crippen molar-refractivity contribution in [2.24, 2.45) is 18.2 Å². The maximum absolute atomic E-state index is 11.3. The quantitative estimate of drug-likeness (QED) is 0.610. The standard InChI is InChI=1S/C11H20N4O2S/c1-6(12)7(11(2,3)4)18-10-13-8(16)9(17)14-15(10)5/h6-7H,12H2,1-5H3,(H,14,17). The number of H-pyrrole nitrogens is 1. The predicted octanol–water partition coefficient (Wildman–Crippen LogP) is 0.323. The Morgan fingerprint density at radius 1 is 1.39 bits per heavy atom. The van der Waals surface area contributed by atoms with E-state index in [4.69, 9.17) is 5.73 Å². The molecular formula is C11H20N4O2S. The SMILES string of the molecule is CC(N)C(Sc1nc(=O)c(=O)[nH]n1C)C(C)(C)C. The van der Waals surface area contributed by atoms with Crippen molar-refractivity contribution in [3.05, 3.63) is 20.7 Å². The molecule has 0 saturated heterocycles. The van der Waals surface area contributed by atoms with E-state index in [2.05, 4.69) is 30.9 Å². The molecule has 0 amide bonds. The summed E-state index contributed by atoms with van der Waals surface area (Å²) in [5.41, 5.74) is 4.46. The normalized spacial score (nSPS) is 15.4. The summed E-state index contributed by atoms with van der Waals surface area (Å²) >= 11 is 1.41. The average Bonchev–Trinajstić information content (AvgIpc) is 2.19. The molecule has 1 heterocycles. The third-order valence-electron chi connectivity index (χ3n) is 2.51. The second-order valence-electron chi connectivity index (χ2n) is 5.46. The van der Waals surface area contributed by atoms with Crippen molar-refractivity contribution in [3.63, 3.8) is 0 Å². The number of aryl methyl sites for hydroxylation is 1. The summed E-state index contributed by atoms with van der Waals surface area (Å²) in [5.74, 6) is 0. The third kappa shape index (κ3) is 3.46. The summed E-state index contributed by atoms with van der Waals surface area (Å²) in [5, 5.41) is 2.98. The van der Waals surface area contributed by atoms with Crippen LogP contribution in [0.4, 0.5) is 0 Å². The molecule has 0 saturated carbocycles. The van der Waals surface area contributed by atoms with E-state index in [0.29, 0.717) is 5.16 Å². The fraction of sp³-hybridized carbons (Fsp3) is 0.727. The molecule has 0 aliphatic carbocycles. The molecule has 0 radical (unpaired) electrons. The van der Waals surface area contributed by atoms with E-state index in [1.807, 2.05) is 6.92 Å². The molecule has 102 valence electrons. The first-order chi connectivity index (χ1) is 8.12. The van der Waals surface area contributed by atoms with Gasteiger partial charge in [-0.3, -0.25) is 19.4 Å². The smallest absolute Gasteiger partial charge is 0.327 e. The topological polar surface area (TPSA) is 93.8 Å². The molecule has 1 aromatic rings. The Morgan fingerprint density at radius 2 is 1.94 bits per heavy atom. The van der Waals surface area contributed by atoms with Gasteiger partial charge in [-0.15, -0.1) is 0 Å². The van der Waals surface area contributed by atoms with Gasteiger partial charge in [0.15, 0.2) is 5.16 Å². The van der Waals surface area contributed by atoms with Gasteiger partial charge in [0.1, 0.15) is 0 Å². The lowest BCUT2D eigenvalue weighted by molar-refractivity contribution is 0.362. The van der Waals surface area contributed by atoms with Crippen molar-refractivity contribution in [2.45, 2.75) is 44.1 Å². The molecule has 3 N–H and O–H groups in total. The lowest BCUT2D eigenvalue weighted by Crippen LogP contribution is -2.40. The van der Waals surface area contributed by atoms with Crippen molar-refractivity contribution >= 4 is 11.8 Å². The van der Waals surface area contributed by atoms with Gasteiger partial charge in [0.05, 0.1) is 0 Å². The van der Waals surface area contributed by atoms with Crippen molar-refractivity contribution < 1.29 is 0 Å². The molecule has 6 nitrogen and oxygen atoms in total. The summed E-state index contributed by atoms with van der Waals surface area (Å²) in [6, 6.07) is -0.0566. The maximum Gasteiger partial charge on any atom is 0.339 e. The summed E-state index contributed by atoms with van der Waals surface area (Å²) in [6.07, 6.45) is 0. The summed E-state index contributed by atoms with van der Waals surface area (Å²) in [4.78, 5) is 26.2. The third-order valence-corrected chi connectivity index (χ3v) is 4.48. The van der Waals surface area contributed by atoms with Crippen molar-refractivity contribution in [1.29, 1.82) is 0 Å². The van der Waals surface area contributed by atoms with E-state index in [1.54, 1.807) is 7.05 Å². The van der Waals surface area contributed by atoms with E-state index >= 15 is 0 Å². The highest BCUT2D eigenvalue weighted by atomic mass is 32.2. The number of nitrogens with one attached hydrogen (secondary N) is 1. The molecule has 1 aromatic heterocycles. The van der Waals surface area contributed by atoms with Crippen molar-refractivity contribution in [2.75, 3.05) is 0 Å². The zero-order valence-corrected chi connectivity index (χ0v) is 12.2. The first kappa shape index (κ1) is 15.0. The van der Waals surface area contributed by atoms with E-state index in [-0.39, 0.29) is 16.7 Å². The highest BCUT2D eigenvalue weighted by molar-refractivity contribution is 7.99. The molecule has 0 aliphatic rings. The second-order valence-corrected chi connectivity index (χ2v) is 6.57. The molecule has 2 atom stereocenters. The number of hydrogen-bond donors (Lipinski definition) is 2. The first-order valence-corrected chi connectivity index (χ1v) is 6.60. The minimum Gasteiger partial charge on any atom is -0.327 e. The molecule has 0 bridgehead atoms. The summed E-state index contributed by atoms with van der Waals surface area (Å²) in [6.45, 7) is 8.17. The van der Waals surface area contributed by atoms with E-state index in [1.165, 1.54) is 16.4 Å². The minimum atomic E-state index is -0.770. The Hall–Kier alpha value is -1.08. The Labute approximate surface area is 110 Å². The molecule has 2 unspecified atom stereocenters. The van der Waals surface area contributed by atoms with Gasteiger partial charge in [0.25, 0.3) is 0 Å². The van der Waals surface area contributed by atoms with Crippen LogP contribution in [0, 0.1) is 5.41 Å². The molecule has 0 aromatic carbocycles. The minimum absolute atomic E-state index is 0.0350.